The van der Waals surface area contributed by atoms with Gasteiger partial charge in [-0.05, 0) is 69.7 Å². The molecular weight excluding hydrogens is 326 g/mol. The van der Waals surface area contributed by atoms with Crippen LogP contribution in [0.25, 0.3) is 0 Å². The lowest BCUT2D eigenvalue weighted by atomic mass is 9.86. The van der Waals surface area contributed by atoms with Gasteiger partial charge < -0.3 is 25.4 Å². The van der Waals surface area contributed by atoms with Crippen LogP contribution >= 0.6 is 0 Å². The molecule has 1 aromatic carbocycles. The quantitative estimate of drug-likeness (QED) is 0.557. The highest BCUT2D eigenvalue weighted by atomic mass is 16.5. The van der Waals surface area contributed by atoms with E-state index in [0.29, 0.717) is 6.04 Å². The Morgan fingerprint density at radius 3 is 2.08 bits per heavy atom. The summed E-state index contributed by atoms with van der Waals surface area (Å²) >= 11 is 0. The van der Waals surface area contributed by atoms with Crippen LogP contribution in [0.4, 0.5) is 11.4 Å². The Kier molecular flexibility index (Phi) is 9.82. The summed E-state index contributed by atoms with van der Waals surface area (Å²) in [6.07, 6.45) is 4.82. The smallest absolute Gasteiger partial charge is 0.0641 e. The first-order valence-electron chi connectivity index (χ1n) is 10.2. The molecule has 0 aliphatic heterocycles. The van der Waals surface area contributed by atoms with E-state index >= 15 is 0 Å². The molecule has 5 nitrogen and oxygen atoms in total. The van der Waals surface area contributed by atoms with Crippen molar-refractivity contribution in [1.82, 2.24) is 0 Å². The summed E-state index contributed by atoms with van der Waals surface area (Å²) in [5, 5.41) is 3.59. The number of nitrogens with two attached hydrogens (primary N) is 1. The third kappa shape index (κ3) is 7.52. The van der Waals surface area contributed by atoms with Crippen LogP contribution < -0.4 is 16.0 Å². The molecule has 26 heavy (non-hydrogen) atoms. The molecule has 0 amide bonds. The average Bonchev–Trinajstić information content (AvgIpc) is 2.67. The highest BCUT2D eigenvalue weighted by Gasteiger charge is 2.18. The molecule has 1 saturated carbocycles. The lowest BCUT2D eigenvalue weighted by Crippen LogP contribution is -2.31. The number of anilines is 2. The average molecular weight is 364 g/mol. The van der Waals surface area contributed by atoms with E-state index in [-0.39, 0.29) is 0 Å². The van der Waals surface area contributed by atoms with Crippen LogP contribution in [0.1, 0.15) is 39.5 Å². The topological polar surface area (TPSA) is 59.8 Å². The lowest BCUT2D eigenvalue weighted by molar-refractivity contribution is 0.141. The highest BCUT2D eigenvalue weighted by molar-refractivity contribution is 5.55. The molecular formula is C21H37N3O2. The standard InChI is InChI=1S/C21H37N3O2/c1-3-25-15-13-24(14-16-26-4-2)21-11-9-20(10-12-21)23-17-18-5-7-19(22)8-6-18/h9-12,18-19,23H,3-8,13-17,22H2,1-2H3. The van der Waals surface area contributed by atoms with Crippen molar-refractivity contribution in [3.8, 4) is 0 Å². The minimum absolute atomic E-state index is 0.421. The van der Waals surface area contributed by atoms with E-state index in [1.165, 1.54) is 37.1 Å². The molecule has 0 heterocycles. The van der Waals surface area contributed by atoms with Gasteiger partial charge in [-0.2, -0.15) is 0 Å². The van der Waals surface area contributed by atoms with E-state index in [0.717, 1.165) is 52.0 Å². The molecule has 1 fully saturated rings. The summed E-state index contributed by atoms with van der Waals surface area (Å²) in [6, 6.07) is 9.16. The molecule has 0 radical (unpaired) electrons. The fourth-order valence-corrected chi connectivity index (χ4v) is 3.45. The summed E-state index contributed by atoms with van der Waals surface area (Å²) < 4.78 is 11.1. The van der Waals surface area contributed by atoms with E-state index in [4.69, 9.17) is 15.2 Å². The van der Waals surface area contributed by atoms with Gasteiger partial charge in [-0.1, -0.05) is 0 Å². The number of rotatable bonds is 12. The van der Waals surface area contributed by atoms with Crippen molar-refractivity contribution in [1.29, 1.82) is 0 Å². The Morgan fingerprint density at radius 1 is 0.962 bits per heavy atom. The predicted octanol–water partition coefficient (Wildman–Crippen LogP) is 3.50. The van der Waals surface area contributed by atoms with E-state index in [9.17, 15) is 0 Å². The van der Waals surface area contributed by atoms with Gasteiger partial charge in [-0.3, -0.25) is 0 Å². The molecule has 2 rings (SSSR count). The SMILES string of the molecule is CCOCCN(CCOCC)c1ccc(NCC2CCC(N)CC2)cc1. The van der Waals surface area contributed by atoms with E-state index in [1.54, 1.807) is 0 Å². The second-order valence-corrected chi connectivity index (χ2v) is 7.09. The monoisotopic (exact) mass is 363 g/mol. The molecule has 1 aliphatic carbocycles. The van der Waals surface area contributed by atoms with E-state index < -0.39 is 0 Å². The van der Waals surface area contributed by atoms with Crippen molar-refractivity contribution in [3.05, 3.63) is 24.3 Å². The molecule has 0 spiro atoms. The van der Waals surface area contributed by atoms with Gasteiger partial charge in [0, 0.05) is 50.3 Å². The van der Waals surface area contributed by atoms with Gasteiger partial charge in [-0.15, -0.1) is 0 Å². The number of benzene rings is 1. The zero-order valence-electron chi connectivity index (χ0n) is 16.6. The first kappa shape index (κ1) is 21.0. The molecule has 0 aromatic heterocycles. The van der Waals surface area contributed by atoms with Crippen molar-refractivity contribution in [3.63, 3.8) is 0 Å². The second kappa shape index (κ2) is 12.2. The van der Waals surface area contributed by atoms with Gasteiger partial charge in [0.1, 0.15) is 0 Å². The molecule has 0 atom stereocenters. The molecule has 0 unspecified atom stereocenters. The minimum Gasteiger partial charge on any atom is -0.385 e. The van der Waals surface area contributed by atoms with Crippen LogP contribution in [-0.4, -0.2) is 52.1 Å². The van der Waals surface area contributed by atoms with Gasteiger partial charge >= 0.3 is 0 Å². The van der Waals surface area contributed by atoms with Crippen molar-refractivity contribution in [2.24, 2.45) is 11.7 Å². The van der Waals surface area contributed by atoms with Crippen LogP contribution in [0.3, 0.4) is 0 Å². The second-order valence-electron chi connectivity index (χ2n) is 7.09. The number of nitrogens with one attached hydrogen (secondary N) is 1. The Hall–Kier alpha value is -1.30. The van der Waals surface area contributed by atoms with Gasteiger partial charge in [0.2, 0.25) is 0 Å². The first-order valence-corrected chi connectivity index (χ1v) is 10.2. The molecule has 0 saturated heterocycles. The third-order valence-electron chi connectivity index (χ3n) is 5.14. The number of ether oxygens (including phenoxy) is 2. The van der Waals surface area contributed by atoms with Gasteiger partial charge in [0.25, 0.3) is 0 Å². The molecule has 1 aromatic rings. The first-order chi connectivity index (χ1) is 12.7. The van der Waals surface area contributed by atoms with E-state index in [2.05, 4.69) is 34.5 Å². The summed E-state index contributed by atoms with van der Waals surface area (Å²) in [4.78, 5) is 2.33. The Labute approximate surface area is 159 Å². The van der Waals surface area contributed by atoms with Crippen molar-refractivity contribution < 1.29 is 9.47 Å². The van der Waals surface area contributed by atoms with Crippen LogP contribution in [0, 0.1) is 5.92 Å². The predicted molar refractivity (Wildman–Crippen MR) is 110 cm³/mol. The maximum atomic E-state index is 5.99. The molecule has 1 aliphatic rings. The molecule has 0 bridgehead atoms. The Morgan fingerprint density at radius 2 is 1.54 bits per heavy atom. The van der Waals surface area contributed by atoms with Crippen LogP contribution in [0.15, 0.2) is 24.3 Å². The van der Waals surface area contributed by atoms with Gasteiger partial charge in [0.05, 0.1) is 13.2 Å². The Balaban J connectivity index is 1.83. The van der Waals surface area contributed by atoms with Crippen molar-refractivity contribution in [2.45, 2.75) is 45.6 Å². The number of hydrogen-bond acceptors (Lipinski definition) is 5. The zero-order valence-corrected chi connectivity index (χ0v) is 16.6. The number of hydrogen-bond donors (Lipinski definition) is 2. The van der Waals surface area contributed by atoms with Crippen LogP contribution in [0.5, 0.6) is 0 Å². The highest BCUT2D eigenvalue weighted by Crippen LogP contribution is 2.24. The van der Waals surface area contributed by atoms with E-state index in [1.807, 2.05) is 13.8 Å². The fraction of sp³-hybridized carbons (Fsp3) is 0.714. The van der Waals surface area contributed by atoms with Gasteiger partial charge in [0.15, 0.2) is 0 Å². The summed E-state index contributed by atoms with van der Waals surface area (Å²) in [6.45, 7) is 9.88. The van der Waals surface area contributed by atoms with Crippen LogP contribution in [-0.2, 0) is 9.47 Å². The van der Waals surface area contributed by atoms with Crippen molar-refractivity contribution >= 4 is 11.4 Å². The normalized spacial score (nSPS) is 20.1. The number of nitrogens with zero attached hydrogens (tertiary/aromatic N) is 1. The lowest BCUT2D eigenvalue weighted by Gasteiger charge is -2.27. The zero-order chi connectivity index (χ0) is 18.6. The fourth-order valence-electron chi connectivity index (χ4n) is 3.45. The largest absolute Gasteiger partial charge is 0.385 e. The van der Waals surface area contributed by atoms with Gasteiger partial charge in [-0.25, -0.2) is 0 Å². The summed E-state index contributed by atoms with van der Waals surface area (Å²) in [5.74, 6) is 0.753. The summed E-state index contributed by atoms with van der Waals surface area (Å²) in [7, 11) is 0. The van der Waals surface area contributed by atoms with Crippen molar-refractivity contribution in [2.75, 3.05) is 56.3 Å². The summed E-state index contributed by atoms with van der Waals surface area (Å²) in [5.41, 5.74) is 8.41. The molecule has 148 valence electrons. The molecule has 5 heteroatoms. The third-order valence-corrected chi connectivity index (χ3v) is 5.14. The minimum atomic E-state index is 0.421. The maximum Gasteiger partial charge on any atom is 0.0641 e. The maximum absolute atomic E-state index is 5.99. The van der Waals surface area contributed by atoms with Crippen LogP contribution in [0.2, 0.25) is 0 Å². The Bertz CT molecular complexity index is 463. The molecule has 3 N–H and O–H groups in total.